The average Bonchev–Trinajstić information content (AvgIpc) is 2.58. The summed E-state index contributed by atoms with van der Waals surface area (Å²) in [6.45, 7) is 6.69. The SMILES string of the molecule is CCCCCC(CC)[C@@H]1c2ccccc2CCC1[C@](C)(N)CO. The van der Waals surface area contributed by atoms with Crippen LogP contribution in [0.15, 0.2) is 24.3 Å². The molecular formula is C21H35NO. The molecule has 0 fully saturated rings. The van der Waals surface area contributed by atoms with Crippen LogP contribution in [-0.4, -0.2) is 17.3 Å². The van der Waals surface area contributed by atoms with Gasteiger partial charge in [-0.25, -0.2) is 0 Å². The van der Waals surface area contributed by atoms with Crippen molar-refractivity contribution in [2.24, 2.45) is 17.6 Å². The zero-order chi connectivity index (χ0) is 16.9. The number of fused-ring (bicyclic) bond motifs is 1. The normalized spacial score (nSPS) is 24.7. The van der Waals surface area contributed by atoms with Gasteiger partial charge in [-0.2, -0.15) is 0 Å². The molecule has 0 spiro atoms. The lowest BCUT2D eigenvalue weighted by Gasteiger charge is -2.45. The summed E-state index contributed by atoms with van der Waals surface area (Å²) in [5, 5.41) is 9.86. The lowest BCUT2D eigenvalue weighted by atomic mass is 9.62. The van der Waals surface area contributed by atoms with Crippen LogP contribution in [0.2, 0.25) is 0 Å². The summed E-state index contributed by atoms with van der Waals surface area (Å²) < 4.78 is 0. The standard InChI is InChI=1S/C21H35NO/c1-4-6-7-10-16(5-2)20-18-12-9-8-11-17(18)13-14-19(20)21(3,22)15-23/h8-9,11-12,16,19-20,23H,4-7,10,13-15,22H2,1-3H3/t16?,19?,20-,21-/m1/s1. The maximum absolute atomic E-state index is 9.86. The quantitative estimate of drug-likeness (QED) is 0.686. The molecule has 3 N–H and O–H groups in total. The third-order valence-electron chi connectivity index (χ3n) is 5.97. The van der Waals surface area contributed by atoms with E-state index in [1.165, 1.54) is 43.2 Å². The highest BCUT2D eigenvalue weighted by molar-refractivity contribution is 5.35. The van der Waals surface area contributed by atoms with Crippen molar-refractivity contribution in [3.05, 3.63) is 35.4 Å². The van der Waals surface area contributed by atoms with E-state index in [1.54, 1.807) is 0 Å². The molecule has 0 bridgehead atoms. The molecule has 0 aliphatic heterocycles. The smallest absolute Gasteiger partial charge is 0.0611 e. The summed E-state index contributed by atoms with van der Waals surface area (Å²) in [6.07, 6.45) is 8.56. The zero-order valence-electron chi connectivity index (χ0n) is 15.2. The fraction of sp³-hybridized carbons (Fsp3) is 0.714. The third-order valence-corrected chi connectivity index (χ3v) is 5.97. The second kappa shape index (κ2) is 8.30. The molecule has 0 radical (unpaired) electrons. The Labute approximate surface area is 142 Å². The van der Waals surface area contributed by atoms with Gasteiger partial charge in [-0.1, -0.05) is 63.8 Å². The third kappa shape index (κ3) is 4.16. The molecule has 1 aliphatic carbocycles. The molecule has 1 aromatic carbocycles. The van der Waals surface area contributed by atoms with Crippen LogP contribution in [0.5, 0.6) is 0 Å². The summed E-state index contributed by atoms with van der Waals surface area (Å²) in [7, 11) is 0. The fourth-order valence-electron chi connectivity index (χ4n) is 4.53. The largest absolute Gasteiger partial charge is 0.394 e. The van der Waals surface area contributed by atoms with Gasteiger partial charge in [0.25, 0.3) is 0 Å². The van der Waals surface area contributed by atoms with E-state index in [4.69, 9.17) is 5.73 Å². The van der Waals surface area contributed by atoms with Crippen molar-refractivity contribution >= 4 is 0 Å². The van der Waals surface area contributed by atoms with Crippen LogP contribution in [0, 0.1) is 11.8 Å². The predicted octanol–water partition coefficient (Wildman–Crippen LogP) is 4.65. The number of aliphatic hydroxyl groups excluding tert-OH is 1. The molecule has 1 aromatic rings. The fourth-order valence-corrected chi connectivity index (χ4v) is 4.53. The second-order valence-corrected chi connectivity index (χ2v) is 7.70. The topological polar surface area (TPSA) is 46.2 Å². The van der Waals surface area contributed by atoms with Gasteiger partial charge in [0.15, 0.2) is 0 Å². The van der Waals surface area contributed by atoms with Crippen molar-refractivity contribution in [3.63, 3.8) is 0 Å². The molecule has 2 rings (SSSR count). The molecule has 2 unspecified atom stereocenters. The Hall–Kier alpha value is -0.860. The van der Waals surface area contributed by atoms with Crippen LogP contribution in [-0.2, 0) is 6.42 Å². The van der Waals surface area contributed by atoms with Gasteiger partial charge in [0, 0.05) is 5.54 Å². The van der Waals surface area contributed by atoms with Gasteiger partial charge in [-0.15, -0.1) is 0 Å². The van der Waals surface area contributed by atoms with Crippen LogP contribution in [0.4, 0.5) is 0 Å². The van der Waals surface area contributed by atoms with E-state index in [1.807, 2.05) is 6.92 Å². The van der Waals surface area contributed by atoms with E-state index in [9.17, 15) is 5.11 Å². The molecule has 0 heterocycles. The first-order valence-corrected chi connectivity index (χ1v) is 9.52. The number of benzene rings is 1. The Morgan fingerprint density at radius 3 is 2.65 bits per heavy atom. The Bertz CT molecular complexity index is 482. The van der Waals surface area contributed by atoms with Crippen LogP contribution in [0.3, 0.4) is 0 Å². The highest BCUT2D eigenvalue weighted by atomic mass is 16.3. The second-order valence-electron chi connectivity index (χ2n) is 7.70. The highest BCUT2D eigenvalue weighted by Crippen LogP contribution is 2.47. The molecule has 0 saturated heterocycles. The number of hydrogen-bond donors (Lipinski definition) is 2. The van der Waals surface area contributed by atoms with Gasteiger partial charge in [-0.3, -0.25) is 0 Å². The van der Waals surface area contributed by atoms with E-state index >= 15 is 0 Å². The minimum Gasteiger partial charge on any atom is -0.394 e. The first kappa shape index (κ1) is 18.5. The molecule has 2 nitrogen and oxygen atoms in total. The van der Waals surface area contributed by atoms with Gasteiger partial charge in [0.1, 0.15) is 0 Å². The number of aliphatic hydroxyl groups is 1. The van der Waals surface area contributed by atoms with Crippen molar-refractivity contribution in [2.45, 2.75) is 77.2 Å². The van der Waals surface area contributed by atoms with E-state index in [0.29, 0.717) is 17.8 Å². The highest BCUT2D eigenvalue weighted by Gasteiger charge is 2.42. The number of nitrogens with two attached hydrogens (primary N) is 1. The summed E-state index contributed by atoms with van der Waals surface area (Å²) in [5.74, 6) is 1.53. The first-order valence-electron chi connectivity index (χ1n) is 9.52. The minimum atomic E-state index is -0.490. The first-order chi connectivity index (χ1) is 11.0. The van der Waals surface area contributed by atoms with Gasteiger partial charge in [0.05, 0.1) is 6.61 Å². The Balaban J connectivity index is 2.33. The molecule has 130 valence electrons. The van der Waals surface area contributed by atoms with Crippen LogP contribution in [0.25, 0.3) is 0 Å². The van der Waals surface area contributed by atoms with Crippen LogP contribution >= 0.6 is 0 Å². The lowest BCUT2D eigenvalue weighted by molar-refractivity contribution is 0.103. The zero-order valence-corrected chi connectivity index (χ0v) is 15.2. The number of aryl methyl sites for hydroxylation is 1. The molecular weight excluding hydrogens is 282 g/mol. The lowest BCUT2D eigenvalue weighted by Crippen LogP contribution is -2.52. The van der Waals surface area contributed by atoms with Crippen LogP contribution in [0.1, 0.15) is 76.3 Å². The monoisotopic (exact) mass is 317 g/mol. The van der Waals surface area contributed by atoms with Gasteiger partial charge < -0.3 is 10.8 Å². The van der Waals surface area contributed by atoms with Crippen molar-refractivity contribution in [1.29, 1.82) is 0 Å². The van der Waals surface area contributed by atoms with Crippen molar-refractivity contribution < 1.29 is 5.11 Å². The van der Waals surface area contributed by atoms with Gasteiger partial charge in [-0.05, 0) is 55.1 Å². The maximum atomic E-state index is 9.86. The molecule has 0 amide bonds. The van der Waals surface area contributed by atoms with Crippen molar-refractivity contribution in [1.82, 2.24) is 0 Å². The minimum absolute atomic E-state index is 0.0712. The maximum Gasteiger partial charge on any atom is 0.0611 e. The summed E-state index contributed by atoms with van der Waals surface area (Å²) >= 11 is 0. The number of unbranched alkanes of at least 4 members (excludes halogenated alkanes) is 2. The summed E-state index contributed by atoms with van der Waals surface area (Å²) in [4.78, 5) is 0. The van der Waals surface area contributed by atoms with E-state index in [-0.39, 0.29) is 6.61 Å². The Morgan fingerprint density at radius 1 is 1.26 bits per heavy atom. The predicted molar refractivity (Wildman–Crippen MR) is 98.6 cm³/mol. The molecule has 0 aromatic heterocycles. The molecule has 2 heteroatoms. The molecule has 0 saturated carbocycles. The Kier molecular flexibility index (Phi) is 6.67. The van der Waals surface area contributed by atoms with Gasteiger partial charge in [0.2, 0.25) is 0 Å². The Morgan fingerprint density at radius 2 is 2.00 bits per heavy atom. The average molecular weight is 318 g/mol. The number of rotatable bonds is 8. The van der Waals surface area contributed by atoms with Gasteiger partial charge >= 0.3 is 0 Å². The summed E-state index contributed by atoms with van der Waals surface area (Å²) in [5.41, 5.74) is 9.04. The van der Waals surface area contributed by atoms with E-state index < -0.39 is 5.54 Å². The number of hydrogen-bond acceptors (Lipinski definition) is 2. The van der Waals surface area contributed by atoms with Crippen LogP contribution < -0.4 is 5.73 Å². The molecule has 23 heavy (non-hydrogen) atoms. The summed E-state index contributed by atoms with van der Waals surface area (Å²) in [6, 6.07) is 8.91. The van der Waals surface area contributed by atoms with E-state index in [0.717, 1.165) is 12.8 Å². The molecule has 4 atom stereocenters. The van der Waals surface area contributed by atoms with Crippen molar-refractivity contribution in [2.75, 3.05) is 6.61 Å². The van der Waals surface area contributed by atoms with Crippen molar-refractivity contribution in [3.8, 4) is 0 Å². The molecule has 1 aliphatic rings. The van der Waals surface area contributed by atoms with E-state index in [2.05, 4.69) is 38.1 Å².